The number of thiazole rings is 1. The highest BCUT2D eigenvalue weighted by atomic mass is 35.5. The smallest absolute Gasteiger partial charge is 0.409 e. The molecular formula is C27H36ClN5O5S2. The lowest BCUT2D eigenvalue weighted by Gasteiger charge is -2.33. The van der Waals surface area contributed by atoms with Gasteiger partial charge in [-0.1, -0.05) is 24.3 Å². The van der Waals surface area contributed by atoms with Gasteiger partial charge in [0.05, 0.1) is 21.7 Å². The monoisotopic (exact) mass is 609 g/mol. The Bertz CT molecular complexity index is 1420. The van der Waals surface area contributed by atoms with Crippen molar-refractivity contribution in [1.82, 2.24) is 19.1 Å². The number of hydrogen-bond donors (Lipinski definition) is 0. The van der Waals surface area contributed by atoms with Crippen LogP contribution in [0.4, 0.5) is 9.93 Å². The highest BCUT2D eigenvalue weighted by molar-refractivity contribution is 7.89. The minimum Gasteiger partial charge on any atom is -0.450 e. The number of ether oxygens (including phenoxy) is 1. The van der Waals surface area contributed by atoms with Crippen LogP contribution in [0.5, 0.6) is 0 Å². The largest absolute Gasteiger partial charge is 0.450 e. The van der Waals surface area contributed by atoms with Gasteiger partial charge in [0.15, 0.2) is 5.13 Å². The second kappa shape index (κ2) is 13.7. The summed E-state index contributed by atoms with van der Waals surface area (Å²) in [5, 5.41) is 0.612. The molecule has 1 aliphatic heterocycles. The van der Waals surface area contributed by atoms with Crippen LogP contribution in [-0.4, -0.2) is 99.5 Å². The van der Waals surface area contributed by atoms with E-state index in [0.29, 0.717) is 23.8 Å². The number of sulfonamides is 1. The Hall–Kier alpha value is -2.77. The number of carbonyl (C=O) groups is 2. The number of fused-ring (bicyclic) bond motifs is 1. The number of amides is 2. The van der Waals surface area contributed by atoms with E-state index in [1.165, 1.54) is 38.2 Å². The third-order valence-corrected chi connectivity index (χ3v) is 9.55. The highest BCUT2D eigenvalue weighted by Gasteiger charge is 2.31. The molecule has 2 amide bonds. The fourth-order valence-corrected chi connectivity index (χ4v) is 6.75. The number of aryl methyl sites for hydroxylation is 1. The van der Waals surface area contributed by atoms with Crippen LogP contribution >= 0.6 is 23.7 Å². The van der Waals surface area contributed by atoms with Gasteiger partial charge < -0.3 is 14.5 Å². The molecule has 1 fully saturated rings. The first-order chi connectivity index (χ1) is 18.6. The summed E-state index contributed by atoms with van der Waals surface area (Å²) in [4.78, 5) is 35.6. The molecular weight excluding hydrogens is 574 g/mol. The maximum Gasteiger partial charge on any atom is 0.409 e. The van der Waals surface area contributed by atoms with E-state index >= 15 is 0 Å². The minimum absolute atomic E-state index is 0. The molecule has 1 aromatic heterocycles. The molecule has 1 saturated heterocycles. The van der Waals surface area contributed by atoms with Gasteiger partial charge in [0.25, 0.3) is 5.91 Å². The van der Waals surface area contributed by atoms with Gasteiger partial charge in [-0.15, -0.1) is 12.4 Å². The molecule has 0 N–H and O–H groups in total. The first-order valence-corrected chi connectivity index (χ1v) is 15.3. The first kappa shape index (κ1) is 31.8. The van der Waals surface area contributed by atoms with Crippen LogP contribution in [0.2, 0.25) is 0 Å². The van der Waals surface area contributed by atoms with E-state index in [4.69, 9.17) is 9.72 Å². The summed E-state index contributed by atoms with van der Waals surface area (Å²) in [5.41, 5.74) is 2.44. The first-order valence-electron chi connectivity index (χ1n) is 13.0. The molecule has 4 rings (SSSR count). The summed E-state index contributed by atoms with van der Waals surface area (Å²) >= 11 is 1.48. The van der Waals surface area contributed by atoms with Crippen molar-refractivity contribution in [3.05, 3.63) is 53.6 Å². The fourth-order valence-electron chi connectivity index (χ4n) is 4.28. The molecule has 0 bridgehead atoms. The van der Waals surface area contributed by atoms with Crippen LogP contribution < -0.4 is 4.90 Å². The molecule has 0 atom stereocenters. The molecule has 3 aromatic rings. The molecule has 10 nitrogen and oxygen atoms in total. The fraction of sp³-hybridized carbons (Fsp3) is 0.444. The molecule has 0 radical (unpaired) electrons. The number of likely N-dealkylation sites (N-methyl/N-ethyl adjacent to an activating group) is 1. The predicted molar refractivity (Wildman–Crippen MR) is 160 cm³/mol. The summed E-state index contributed by atoms with van der Waals surface area (Å²) in [6, 6.07) is 12.2. The zero-order valence-electron chi connectivity index (χ0n) is 23.2. The van der Waals surface area contributed by atoms with Crippen LogP contribution in [-0.2, 0) is 21.2 Å². The van der Waals surface area contributed by atoms with Crippen molar-refractivity contribution in [3.8, 4) is 0 Å². The van der Waals surface area contributed by atoms with Crippen molar-refractivity contribution in [2.24, 2.45) is 0 Å². The number of aromatic nitrogens is 1. The maximum absolute atomic E-state index is 13.6. The number of halogens is 1. The quantitative estimate of drug-likeness (QED) is 0.362. The van der Waals surface area contributed by atoms with Gasteiger partial charge in [-0.3, -0.25) is 9.69 Å². The number of rotatable bonds is 9. The Morgan fingerprint density at radius 2 is 1.68 bits per heavy atom. The Kier molecular flexibility index (Phi) is 10.9. The van der Waals surface area contributed by atoms with E-state index in [0.717, 1.165) is 16.6 Å². The number of anilines is 1. The normalized spacial score (nSPS) is 14.3. The molecule has 0 unspecified atom stereocenters. The van der Waals surface area contributed by atoms with Gasteiger partial charge in [0, 0.05) is 44.8 Å². The molecule has 40 heavy (non-hydrogen) atoms. The summed E-state index contributed by atoms with van der Waals surface area (Å²) in [5.74, 6) is -0.237. The van der Waals surface area contributed by atoms with Crippen LogP contribution in [0.3, 0.4) is 0 Å². The number of benzene rings is 2. The SMILES string of the molecule is CCOC(=O)N1CCN(S(=O)(=O)c2ccc(C(=O)N(CCN(C)C)c3nc4ccc(CC)cc4s3)cc2)CC1.Cl. The molecule has 0 spiro atoms. The van der Waals surface area contributed by atoms with Crippen molar-refractivity contribution in [1.29, 1.82) is 0 Å². The van der Waals surface area contributed by atoms with Crippen molar-refractivity contribution < 1.29 is 22.7 Å². The van der Waals surface area contributed by atoms with E-state index in [1.807, 2.05) is 31.1 Å². The number of piperazine rings is 1. The van der Waals surface area contributed by atoms with Gasteiger partial charge in [-0.05, 0) is 69.4 Å². The van der Waals surface area contributed by atoms with Crippen molar-refractivity contribution in [2.45, 2.75) is 25.2 Å². The third kappa shape index (κ3) is 7.10. The Morgan fingerprint density at radius 3 is 2.27 bits per heavy atom. The van der Waals surface area contributed by atoms with E-state index in [9.17, 15) is 18.0 Å². The van der Waals surface area contributed by atoms with Crippen LogP contribution in [0, 0.1) is 0 Å². The Morgan fingerprint density at radius 1 is 1.00 bits per heavy atom. The molecule has 2 aromatic carbocycles. The van der Waals surface area contributed by atoms with Crippen molar-refractivity contribution in [2.75, 3.05) is 64.9 Å². The number of nitrogens with zero attached hydrogens (tertiary/aromatic N) is 5. The zero-order chi connectivity index (χ0) is 28.2. The van der Waals surface area contributed by atoms with Crippen LogP contribution in [0.25, 0.3) is 10.2 Å². The third-order valence-electron chi connectivity index (χ3n) is 6.60. The summed E-state index contributed by atoms with van der Waals surface area (Å²) < 4.78 is 33.9. The topological polar surface area (TPSA) is 103 Å². The predicted octanol–water partition coefficient (Wildman–Crippen LogP) is 3.95. The van der Waals surface area contributed by atoms with E-state index in [-0.39, 0.29) is 56.0 Å². The van der Waals surface area contributed by atoms with Gasteiger partial charge in [0.2, 0.25) is 10.0 Å². The average Bonchev–Trinajstić information content (AvgIpc) is 3.36. The number of carbonyl (C=O) groups excluding carboxylic acids is 2. The lowest BCUT2D eigenvalue weighted by molar-refractivity contribution is 0.0933. The standard InChI is InChI=1S/C27H35N5O5S2.ClH/c1-5-20-7-12-23-24(19-20)38-26(28-23)32(18-13-29(3)4)25(33)21-8-10-22(11-9-21)39(35,36)31-16-14-30(15-17-31)27(34)37-6-2;/h7-12,19H,5-6,13-18H2,1-4H3;1H. The summed E-state index contributed by atoms with van der Waals surface area (Å²) in [7, 11) is 0.119. The van der Waals surface area contributed by atoms with E-state index in [1.54, 1.807) is 24.0 Å². The van der Waals surface area contributed by atoms with Crippen molar-refractivity contribution in [3.63, 3.8) is 0 Å². The molecule has 218 valence electrons. The molecule has 2 heterocycles. The van der Waals surface area contributed by atoms with Gasteiger partial charge in [-0.25, -0.2) is 18.2 Å². The lowest BCUT2D eigenvalue weighted by atomic mass is 10.2. The van der Waals surface area contributed by atoms with Gasteiger partial charge in [-0.2, -0.15) is 4.31 Å². The van der Waals surface area contributed by atoms with Crippen LogP contribution in [0.1, 0.15) is 29.8 Å². The summed E-state index contributed by atoms with van der Waals surface area (Å²) in [6.45, 7) is 6.07. The highest BCUT2D eigenvalue weighted by Crippen LogP contribution is 2.31. The van der Waals surface area contributed by atoms with Crippen LogP contribution in [0.15, 0.2) is 47.4 Å². The van der Waals surface area contributed by atoms with E-state index < -0.39 is 16.1 Å². The van der Waals surface area contributed by atoms with Crippen molar-refractivity contribution >= 4 is 61.1 Å². The average molecular weight is 610 g/mol. The summed E-state index contributed by atoms with van der Waals surface area (Å²) in [6.07, 6.45) is 0.484. The lowest BCUT2D eigenvalue weighted by Crippen LogP contribution is -2.50. The minimum atomic E-state index is -3.77. The van der Waals surface area contributed by atoms with Gasteiger partial charge in [0.1, 0.15) is 0 Å². The zero-order valence-corrected chi connectivity index (χ0v) is 25.6. The van der Waals surface area contributed by atoms with E-state index in [2.05, 4.69) is 13.0 Å². The Balaban J connectivity index is 0.00000441. The molecule has 13 heteroatoms. The maximum atomic E-state index is 13.6. The number of hydrogen-bond acceptors (Lipinski definition) is 8. The molecule has 0 aliphatic carbocycles. The second-order valence-electron chi connectivity index (χ2n) is 9.53. The Labute approximate surface area is 246 Å². The second-order valence-corrected chi connectivity index (χ2v) is 12.5. The molecule has 0 saturated carbocycles. The molecule has 1 aliphatic rings. The van der Waals surface area contributed by atoms with Gasteiger partial charge >= 0.3 is 6.09 Å².